The predicted octanol–water partition coefficient (Wildman–Crippen LogP) is 3.40. The first-order valence-corrected chi connectivity index (χ1v) is 5.44. The predicted molar refractivity (Wildman–Crippen MR) is 66.5 cm³/mol. The van der Waals surface area contributed by atoms with Crippen molar-refractivity contribution in [1.82, 2.24) is 4.98 Å². The molecular formula is C12H11BrN2. The summed E-state index contributed by atoms with van der Waals surface area (Å²) in [7, 11) is 0. The van der Waals surface area contributed by atoms with Crippen LogP contribution in [-0.2, 0) is 0 Å². The molecule has 0 radical (unpaired) electrons. The minimum atomic E-state index is 0.685. The van der Waals surface area contributed by atoms with Crippen molar-refractivity contribution < 1.29 is 0 Å². The third kappa shape index (κ3) is 2.18. The lowest BCUT2D eigenvalue weighted by Gasteiger charge is -2.03. The molecule has 0 bridgehead atoms. The van der Waals surface area contributed by atoms with Gasteiger partial charge in [0, 0.05) is 10.0 Å². The molecule has 0 aliphatic heterocycles. The highest BCUT2D eigenvalue weighted by molar-refractivity contribution is 9.10. The number of anilines is 1. The molecule has 2 nitrogen and oxygen atoms in total. The molecule has 1 aromatic heterocycles. The number of hydrogen-bond donors (Lipinski definition) is 1. The Bertz CT molecular complexity index is 477. The quantitative estimate of drug-likeness (QED) is 0.856. The highest BCUT2D eigenvalue weighted by Crippen LogP contribution is 2.24. The van der Waals surface area contributed by atoms with Crippen LogP contribution in [0.25, 0.3) is 11.3 Å². The van der Waals surface area contributed by atoms with E-state index in [1.54, 1.807) is 6.20 Å². The van der Waals surface area contributed by atoms with Crippen molar-refractivity contribution in [3.63, 3.8) is 0 Å². The summed E-state index contributed by atoms with van der Waals surface area (Å²) >= 11 is 3.51. The number of aryl methyl sites for hydroxylation is 1. The number of halogens is 1. The Kier molecular flexibility index (Phi) is 2.73. The molecule has 76 valence electrons. The van der Waals surface area contributed by atoms with E-state index in [1.807, 2.05) is 12.1 Å². The van der Waals surface area contributed by atoms with E-state index in [1.165, 1.54) is 5.56 Å². The van der Waals surface area contributed by atoms with Crippen LogP contribution in [0.5, 0.6) is 0 Å². The maximum Gasteiger partial charge on any atom is 0.0704 e. The maximum absolute atomic E-state index is 5.59. The van der Waals surface area contributed by atoms with Gasteiger partial charge in [-0.3, -0.25) is 4.98 Å². The summed E-state index contributed by atoms with van der Waals surface area (Å²) < 4.78 is 1.10. The summed E-state index contributed by atoms with van der Waals surface area (Å²) in [6, 6.07) is 9.96. The first-order valence-electron chi connectivity index (χ1n) is 4.65. The molecule has 2 aromatic rings. The van der Waals surface area contributed by atoms with E-state index in [4.69, 9.17) is 5.73 Å². The fourth-order valence-corrected chi connectivity index (χ4v) is 1.71. The van der Waals surface area contributed by atoms with Gasteiger partial charge in [0.2, 0.25) is 0 Å². The highest BCUT2D eigenvalue weighted by Gasteiger charge is 2.01. The highest BCUT2D eigenvalue weighted by atomic mass is 79.9. The molecule has 15 heavy (non-hydrogen) atoms. The SMILES string of the molecule is Cc1ccc(-c2ccc(N)cn2)cc1Br. The van der Waals surface area contributed by atoms with Crippen molar-refractivity contribution in [3.8, 4) is 11.3 Å². The average Bonchev–Trinajstić information content (AvgIpc) is 2.23. The monoisotopic (exact) mass is 262 g/mol. The van der Waals surface area contributed by atoms with Crippen molar-refractivity contribution in [3.05, 3.63) is 46.6 Å². The normalized spacial score (nSPS) is 10.3. The van der Waals surface area contributed by atoms with Gasteiger partial charge in [-0.1, -0.05) is 28.1 Å². The summed E-state index contributed by atoms with van der Waals surface area (Å²) in [5.41, 5.74) is 9.51. The van der Waals surface area contributed by atoms with Gasteiger partial charge in [0.1, 0.15) is 0 Å². The lowest BCUT2D eigenvalue weighted by Crippen LogP contribution is -1.88. The van der Waals surface area contributed by atoms with E-state index in [0.717, 1.165) is 15.7 Å². The number of nitrogens with two attached hydrogens (primary N) is 1. The van der Waals surface area contributed by atoms with Crippen molar-refractivity contribution in [2.75, 3.05) is 5.73 Å². The molecule has 0 saturated carbocycles. The minimum absolute atomic E-state index is 0.685. The molecule has 0 amide bonds. The Hall–Kier alpha value is -1.35. The van der Waals surface area contributed by atoms with Crippen LogP contribution in [0.15, 0.2) is 41.0 Å². The second-order valence-corrected chi connectivity index (χ2v) is 4.30. The second-order valence-electron chi connectivity index (χ2n) is 3.44. The van der Waals surface area contributed by atoms with Crippen LogP contribution in [0.3, 0.4) is 0 Å². The van der Waals surface area contributed by atoms with E-state index < -0.39 is 0 Å². The molecular weight excluding hydrogens is 252 g/mol. The van der Waals surface area contributed by atoms with Gasteiger partial charge in [-0.25, -0.2) is 0 Å². The van der Waals surface area contributed by atoms with Crippen molar-refractivity contribution >= 4 is 21.6 Å². The van der Waals surface area contributed by atoms with Crippen LogP contribution >= 0.6 is 15.9 Å². The zero-order valence-electron chi connectivity index (χ0n) is 8.37. The lowest BCUT2D eigenvalue weighted by atomic mass is 10.1. The standard InChI is InChI=1S/C12H11BrN2/c1-8-2-3-9(6-11(8)13)12-5-4-10(14)7-15-12/h2-7H,14H2,1H3. The fourth-order valence-electron chi connectivity index (χ4n) is 1.33. The summed E-state index contributed by atoms with van der Waals surface area (Å²) in [5, 5.41) is 0. The first kappa shape index (κ1) is 10.2. The molecule has 3 heteroatoms. The van der Waals surface area contributed by atoms with E-state index >= 15 is 0 Å². The third-order valence-electron chi connectivity index (χ3n) is 2.25. The lowest BCUT2D eigenvalue weighted by molar-refractivity contribution is 1.32. The molecule has 1 aromatic carbocycles. The van der Waals surface area contributed by atoms with Gasteiger partial charge in [0.05, 0.1) is 17.6 Å². The summed E-state index contributed by atoms with van der Waals surface area (Å²) in [4.78, 5) is 4.27. The largest absolute Gasteiger partial charge is 0.397 e. The van der Waals surface area contributed by atoms with E-state index in [0.29, 0.717) is 5.69 Å². The van der Waals surface area contributed by atoms with E-state index in [9.17, 15) is 0 Å². The molecule has 0 aliphatic carbocycles. The van der Waals surface area contributed by atoms with Crippen LogP contribution in [0.2, 0.25) is 0 Å². The topological polar surface area (TPSA) is 38.9 Å². The van der Waals surface area contributed by atoms with Crippen LogP contribution < -0.4 is 5.73 Å². The zero-order chi connectivity index (χ0) is 10.8. The molecule has 0 aliphatic rings. The molecule has 0 fully saturated rings. The number of nitrogen functional groups attached to an aromatic ring is 1. The Morgan fingerprint density at radius 3 is 2.60 bits per heavy atom. The number of hydrogen-bond acceptors (Lipinski definition) is 2. The summed E-state index contributed by atoms with van der Waals surface area (Å²) in [6.07, 6.45) is 1.67. The van der Waals surface area contributed by atoms with Crippen molar-refractivity contribution in [2.45, 2.75) is 6.92 Å². The van der Waals surface area contributed by atoms with Crippen molar-refractivity contribution in [2.24, 2.45) is 0 Å². The minimum Gasteiger partial charge on any atom is -0.397 e. The number of aromatic nitrogens is 1. The van der Waals surface area contributed by atoms with E-state index in [2.05, 4.69) is 46.0 Å². The molecule has 0 spiro atoms. The Morgan fingerprint density at radius 1 is 1.20 bits per heavy atom. The zero-order valence-corrected chi connectivity index (χ0v) is 9.95. The van der Waals surface area contributed by atoms with Crippen LogP contribution in [0, 0.1) is 6.92 Å². The fraction of sp³-hybridized carbons (Fsp3) is 0.0833. The first-order chi connectivity index (χ1) is 7.16. The summed E-state index contributed by atoms with van der Waals surface area (Å²) in [5.74, 6) is 0. The molecule has 0 atom stereocenters. The van der Waals surface area contributed by atoms with Gasteiger partial charge < -0.3 is 5.73 Å². The van der Waals surface area contributed by atoms with Gasteiger partial charge in [-0.05, 0) is 30.7 Å². The Balaban J connectivity index is 2.45. The van der Waals surface area contributed by atoms with Gasteiger partial charge in [0.25, 0.3) is 0 Å². The molecule has 2 N–H and O–H groups in total. The van der Waals surface area contributed by atoms with Gasteiger partial charge >= 0.3 is 0 Å². The van der Waals surface area contributed by atoms with Gasteiger partial charge in [0.15, 0.2) is 0 Å². The smallest absolute Gasteiger partial charge is 0.0704 e. The molecule has 0 saturated heterocycles. The Morgan fingerprint density at radius 2 is 2.00 bits per heavy atom. The maximum atomic E-state index is 5.59. The Labute approximate surface area is 97.3 Å². The van der Waals surface area contributed by atoms with Gasteiger partial charge in [-0.15, -0.1) is 0 Å². The van der Waals surface area contributed by atoms with Crippen LogP contribution in [0.1, 0.15) is 5.56 Å². The number of nitrogens with zero attached hydrogens (tertiary/aromatic N) is 1. The van der Waals surface area contributed by atoms with Crippen LogP contribution in [0.4, 0.5) is 5.69 Å². The van der Waals surface area contributed by atoms with Crippen molar-refractivity contribution in [1.29, 1.82) is 0 Å². The van der Waals surface area contributed by atoms with Crippen LogP contribution in [-0.4, -0.2) is 4.98 Å². The molecule has 1 heterocycles. The average molecular weight is 263 g/mol. The van der Waals surface area contributed by atoms with E-state index in [-0.39, 0.29) is 0 Å². The summed E-state index contributed by atoms with van der Waals surface area (Å²) in [6.45, 7) is 2.06. The number of pyridine rings is 1. The number of benzene rings is 1. The third-order valence-corrected chi connectivity index (χ3v) is 3.11. The molecule has 0 unspecified atom stereocenters. The second kappa shape index (κ2) is 4.03. The molecule has 2 rings (SSSR count). The van der Waals surface area contributed by atoms with Gasteiger partial charge in [-0.2, -0.15) is 0 Å². The number of rotatable bonds is 1.